The minimum atomic E-state index is 0.850. The number of thiophene rings is 1. The van der Waals surface area contributed by atoms with Crippen molar-refractivity contribution >= 4 is 103 Å². The van der Waals surface area contributed by atoms with Crippen molar-refractivity contribution in [2.24, 2.45) is 0 Å². The number of rotatable bonds is 6. The number of benzene rings is 10. The molecule has 3 nitrogen and oxygen atoms in total. The minimum Gasteiger partial charge on any atom is -0.456 e. The molecule has 0 fully saturated rings. The second-order valence-electron chi connectivity index (χ2n) is 16.0. The van der Waals surface area contributed by atoms with E-state index < -0.39 is 0 Å². The maximum atomic E-state index is 6.98. The molecule has 0 bridgehead atoms. The lowest BCUT2D eigenvalue weighted by molar-refractivity contribution is 0.669. The quantitative estimate of drug-likeness (QED) is 0.168. The summed E-state index contributed by atoms with van der Waals surface area (Å²) in [5.41, 5.74) is 13.7. The highest BCUT2D eigenvalue weighted by molar-refractivity contribution is 7.26. The van der Waals surface area contributed by atoms with Crippen LogP contribution in [0, 0.1) is 0 Å². The van der Waals surface area contributed by atoms with Crippen LogP contribution in [-0.4, -0.2) is 0 Å². The van der Waals surface area contributed by atoms with Gasteiger partial charge >= 0.3 is 0 Å². The van der Waals surface area contributed by atoms with Crippen LogP contribution in [0.3, 0.4) is 0 Å². The third kappa shape index (κ3) is 5.51. The van der Waals surface area contributed by atoms with Gasteiger partial charge in [0.2, 0.25) is 0 Å². The molecule has 3 heterocycles. The van der Waals surface area contributed by atoms with Gasteiger partial charge in [-0.15, -0.1) is 11.3 Å². The molecule has 0 amide bonds. The van der Waals surface area contributed by atoms with Gasteiger partial charge in [0, 0.05) is 54.5 Å². The molecule has 0 saturated carbocycles. The summed E-state index contributed by atoms with van der Waals surface area (Å²) in [6.07, 6.45) is 0. The number of hydrogen-bond acceptors (Lipinski definition) is 4. The number of anilines is 3. The molecule has 0 aliphatic carbocycles. The van der Waals surface area contributed by atoms with E-state index in [0.29, 0.717) is 0 Å². The summed E-state index contributed by atoms with van der Waals surface area (Å²) >= 11 is 1.82. The normalized spacial score (nSPS) is 11.9. The van der Waals surface area contributed by atoms with E-state index in [1.54, 1.807) is 0 Å². The predicted octanol–water partition coefficient (Wildman–Crippen LogP) is 17.5. The van der Waals surface area contributed by atoms with E-state index in [2.05, 4.69) is 205 Å². The number of fused-ring (bicyclic) bond motifs is 11. The summed E-state index contributed by atoms with van der Waals surface area (Å²) in [5.74, 6) is 0. The Morgan fingerprint density at radius 3 is 1.79 bits per heavy atom. The summed E-state index contributed by atoms with van der Waals surface area (Å²) in [6, 6.07) is 76.2. The van der Waals surface area contributed by atoms with Crippen LogP contribution in [-0.2, 0) is 0 Å². The van der Waals surface area contributed by atoms with Gasteiger partial charge in [-0.3, -0.25) is 0 Å². The first-order valence-corrected chi connectivity index (χ1v) is 21.8. The summed E-state index contributed by atoms with van der Waals surface area (Å²) in [4.78, 5) is 2.41. The SMILES string of the molecule is c1ccc(-c2ccc3oc4c(cc(N(c5ccc(-c6cccc7ccccc67)cc5)c5ccc6c(c5)oc5ccccc56)c5sc6ccc(-c7ccccc7)cc6c54)c3c2)cc1. The molecular formula is C58H35NO2S. The topological polar surface area (TPSA) is 29.5 Å². The number of para-hydroxylation sites is 1. The third-order valence-corrected chi connectivity index (χ3v) is 13.7. The lowest BCUT2D eigenvalue weighted by atomic mass is 9.98. The van der Waals surface area contributed by atoms with Crippen LogP contribution >= 0.6 is 11.3 Å². The molecule has 0 saturated heterocycles. The van der Waals surface area contributed by atoms with Crippen LogP contribution in [0.15, 0.2) is 221 Å². The minimum absolute atomic E-state index is 0.850. The van der Waals surface area contributed by atoms with Crippen molar-refractivity contribution in [1.29, 1.82) is 0 Å². The van der Waals surface area contributed by atoms with Crippen LogP contribution in [0.1, 0.15) is 0 Å². The van der Waals surface area contributed by atoms with E-state index in [-0.39, 0.29) is 0 Å². The van der Waals surface area contributed by atoms with Crippen LogP contribution in [0.25, 0.3) is 108 Å². The molecule has 4 heteroatoms. The second kappa shape index (κ2) is 13.8. The highest BCUT2D eigenvalue weighted by atomic mass is 32.1. The van der Waals surface area contributed by atoms with Crippen molar-refractivity contribution in [1.82, 2.24) is 0 Å². The highest BCUT2D eigenvalue weighted by Gasteiger charge is 2.25. The van der Waals surface area contributed by atoms with Gasteiger partial charge in [-0.05, 0) is 105 Å². The molecule has 13 rings (SSSR count). The molecule has 13 aromatic rings. The maximum absolute atomic E-state index is 6.98. The number of furan rings is 2. The van der Waals surface area contributed by atoms with Crippen molar-refractivity contribution in [3.8, 4) is 33.4 Å². The summed E-state index contributed by atoms with van der Waals surface area (Å²) < 4.78 is 15.9. The zero-order valence-electron chi connectivity index (χ0n) is 33.4. The Bertz CT molecular complexity index is 3850. The van der Waals surface area contributed by atoms with E-state index in [4.69, 9.17) is 8.83 Å². The molecule has 0 aliphatic rings. The summed E-state index contributed by atoms with van der Waals surface area (Å²) in [7, 11) is 0. The van der Waals surface area contributed by atoms with Gasteiger partial charge in [-0.2, -0.15) is 0 Å². The molecule has 0 radical (unpaired) electrons. The molecule has 0 atom stereocenters. The van der Waals surface area contributed by atoms with E-state index in [9.17, 15) is 0 Å². The van der Waals surface area contributed by atoms with Crippen molar-refractivity contribution in [2.75, 3.05) is 4.90 Å². The van der Waals surface area contributed by atoms with Crippen molar-refractivity contribution in [3.05, 3.63) is 212 Å². The van der Waals surface area contributed by atoms with E-state index in [1.807, 2.05) is 23.5 Å². The lowest BCUT2D eigenvalue weighted by Gasteiger charge is -2.26. The van der Waals surface area contributed by atoms with E-state index >= 15 is 0 Å². The molecule has 0 spiro atoms. The maximum Gasteiger partial charge on any atom is 0.144 e. The van der Waals surface area contributed by atoms with Crippen molar-refractivity contribution in [2.45, 2.75) is 0 Å². The molecule has 10 aromatic carbocycles. The monoisotopic (exact) mass is 809 g/mol. The van der Waals surface area contributed by atoms with Gasteiger partial charge in [-0.1, -0.05) is 146 Å². The van der Waals surface area contributed by atoms with E-state index in [1.165, 1.54) is 48.7 Å². The summed E-state index contributed by atoms with van der Waals surface area (Å²) in [6.45, 7) is 0. The molecule has 0 unspecified atom stereocenters. The fourth-order valence-corrected chi connectivity index (χ4v) is 10.7. The second-order valence-corrected chi connectivity index (χ2v) is 17.1. The molecule has 0 aliphatic heterocycles. The Morgan fingerprint density at radius 2 is 0.984 bits per heavy atom. The highest BCUT2D eigenvalue weighted by Crippen LogP contribution is 2.51. The molecular weight excluding hydrogens is 775 g/mol. The Balaban J connectivity index is 1.10. The van der Waals surface area contributed by atoms with Gasteiger partial charge in [-0.25, -0.2) is 0 Å². The predicted molar refractivity (Wildman–Crippen MR) is 262 cm³/mol. The van der Waals surface area contributed by atoms with Gasteiger partial charge in [0.05, 0.1) is 10.4 Å². The molecule has 3 aromatic heterocycles. The molecule has 0 N–H and O–H groups in total. The van der Waals surface area contributed by atoms with Crippen LogP contribution in [0.5, 0.6) is 0 Å². The average Bonchev–Trinajstić information content (AvgIpc) is 4.03. The van der Waals surface area contributed by atoms with Gasteiger partial charge in [0.25, 0.3) is 0 Å². The van der Waals surface area contributed by atoms with Crippen LogP contribution in [0.4, 0.5) is 17.1 Å². The number of nitrogens with zero attached hydrogens (tertiary/aromatic N) is 1. The van der Waals surface area contributed by atoms with Crippen LogP contribution in [0.2, 0.25) is 0 Å². The third-order valence-electron chi connectivity index (χ3n) is 12.5. The zero-order chi connectivity index (χ0) is 40.7. The van der Waals surface area contributed by atoms with Gasteiger partial charge in [0.15, 0.2) is 0 Å². The Morgan fingerprint density at radius 1 is 0.355 bits per heavy atom. The Hall–Kier alpha value is -7.92. The fourth-order valence-electron chi connectivity index (χ4n) is 9.49. The van der Waals surface area contributed by atoms with E-state index in [0.717, 1.165) is 76.6 Å². The Kier molecular flexibility index (Phi) is 7.78. The van der Waals surface area contributed by atoms with Crippen molar-refractivity contribution in [3.63, 3.8) is 0 Å². The van der Waals surface area contributed by atoms with Crippen molar-refractivity contribution < 1.29 is 8.83 Å². The first kappa shape index (κ1) is 34.9. The lowest BCUT2D eigenvalue weighted by Crippen LogP contribution is -2.10. The average molecular weight is 810 g/mol. The fraction of sp³-hybridized carbons (Fsp3) is 0. The Labute approximate surface area is 360 Å². The molecule has 290 valence electrons. The zero-order valence-corrected chi connectivity index (χ0v) is 34.2. The number of hydrogen-bond donors (Lipinski definition) is 0. The largest absolute Gasteiger partial charge is 0.456 e. The first-order valence-electron chi connectivity index (χ1n) is 21.0. The van der Waals surface area contributed by atoms with Gasteiger partial charge in [0.1, 0.15) is 22.3 Å². The van der Waals surface area contributed by atoms with Crippen LogP contribution < -0.4 is 4.90 Å². The van der Waals surface area contributed by atoms with Gasteiger partial charge < -0.3 is 13.7 Å². The standard InChI is InChI=1S/C58H35NO2S/c1-3-12-36(13-4-1)40-24-30-53-48(32-40)49-35-51(58-56(57(49)61-53)50-33-41(25-31-55(50)62-58)37-14-5-2-6-15-37)59(43-28-29-47-46-19-9-10-21-52(46)60-54(47)34-43)42-26-22-39(23-27-42)45-20-11-17-38-16-7-8-18-44(38)45/h1-35H. The first-order chi connectivity index (χ1) is 30.7. The summed E-state index contributed by atoms with van der Waals surface area (Å²) in [5, 5.41) is 9.14. The smallest absolute Gasteiger partial charge is 0.144 e. The molecule has 62 heavy (non-hydrogen) atoms.